The van der Waals surface area contributed by atoms with Crippen molar-refractivity contribution in [3.8, 4) is 5.75 Å². The van der Waals surface area contributed by atoms with Crippen molar-refractivity contribution >= 4 is 5.91 Å². The molecule has 0 heterocycles. The van der Waals surface area contributed by atoms with Crippen molar-refractivity contribution in [3.05, 3.63) is 29.8 Å². The first-order valence-corrected chi connectivity index (χ1v) is 8.42. The SMILES string of the molecule is CN(Cc1ccc(OC(F)F)cc1)C(=O)CC1(CN)CCCCC1. The second-order valence-corrected chi connectivity index (χ2v) is 6.71. The molecule has 6 heteroatoms. The molecule has 1 saturated carbocycles. The van der Waals surface area contributed by atoms with Crippen LogP contribution in [0.1, 0.15) is 44.1 Å². The largest absolute Gasteiger partial charge is 0.435 e. The van der Waals surface area contributed by atoms with Crippen molar-refractivity contribution in [2.24, 2.45) is 11.1 Å². The molecule has 1 aromatic rings. The zero-order chi connectivity index (χ0) is 17.6. The number of hydrogen-bond donors (Lipinski definition) is 1. The van der Waals surface area contributed by atoms with Gasteiger partial charge in [-0.15, -0.1) is 0 Å². The average Bonchev–Trinajstić information content (AvgIpc) is 2.57. The Hall–Kier alpha value is -1.69. The second-order valence-electron chi connectivity index (χ2n) is 6.71. The summed E-state index contributed by atoms with van der Waals surface area (Å²) in [4.78, 5) is 14.2. The van der Waals surface area contributed by atoms with E-state index in [1.54, 1.807) is 24.1 Å². The number of rotatable bonds is 7. The van der Waals surface area contributed by atoms with Gasteiger partial charge < -0.3 is 15.4 Å². The zero-order valence-corrected chi connectivity index (χ0v) is 14.1. The van der Waals surface area contributed by atoms with Crippen LogP contribution in [0.25, 0.3) is 0 Å². The Morgan fingerprint density at radius 3 is 2.42 bits per heavy atom. The summed E-state index contributed by atoms with van der Waals surface area (Å²) in [6.45, 7) is -1.84. The Morgan fingerprint density at radius 2 is 1.88 bits per heavy atom. The van der Waals surface area contributed by atoms with Crippen molar-refractivity contribution in [1.29, 1.82) is 0 Å². The fourth-order valence-corrected chi connectivity index (χ4v) is 3.35. The molecule has 1 fully saturated rings. The van der Waals surface area contributed by atoms with Gasteiger partial charge in [0.05, 0.1) is 0 Å². The lowest BCUT2D eigenvalue weighted by molar-refractivity contribution is -0.133. The topological polar surface area (TPSA) is 55.6 Å². The van der Waals surface area contributed by atoms with Gasteiger partial charge in [0.25, 0.3) is 0 Å². The maximum Gasteiger partial charge on any atom is 0.387 e. The fourth-order valence-electron chi connectivity index (χ4n) is 3.35. The van der Waals surface area contributed by atoms with E-state index in [1.165, 1.54) is 18.6 Å². The Labute approximate surface area is 142 Å². The highest BCUT2D eigenvalue weighted by Crippen LogP contribution is 2.38. The van der Waals surface area contributed by atoms with Crippen LogP contribution in [0.15, 0.2) is 24.3 Å². The van der Waals surface area contributed by atoms with E-state index >= 15 is 0 Å². The zero-order valence-electron chi connectivity index (χ0n) is 14.1. The van der Waals surface area contributed by atoms with Gasteiger partial charge in [0, 0.05) is 20.0 Å². The lowest BCUT2D eigenvalue weighted by Gasteiger charge is -2.36. The number of carbonyl (C=O) groups is 1. The molecule has 1 amide bonds. The van der Waals surface area contributed by atoms with E-state index in [0.717, 1.165) is 31.2 Å². The van der Waals surface area contributed by atoms with Gasteiger partial charge in [-0.25, -0.2) is 0 Å². The predicted molar refractivity (Wildman–Crippen MR) is 88.7 cm³/mol. The van der Waals surface area contributed by atoms with E-state index in [9.17, 15) is 13.6 Å². The number of carbonyl (C=O) groups excluding carboxylic acids is 1. The minimum Gasteiger partial charge on any atom is -0.435 e. The van der Waals surface area contributed by atoms with Gasteiger partial charge in [-0.1, -0.05) is 31.4 Å². The molecule has 0 unspecified atom stereocenters. The van der Waals surface area contributed by atoms with E-state index in [0.29, 0.717) is 19.5 Å². The molecular formula is C18H26F2N2O2. The smallest absolute Gasteiger partial charge is 0.387 e. The molecule has 1 aliphatic rings. The molecule has 2 rings (SSSR count). The van der Waals surface area contributed by atoms with Crippen molar-refractivity contribution in [2.75, 3.05) is 13.6 Å². The third kappa shape index (κ3) is 5.16. The van der Waals surface area contributed by atoms with Crippen molar-refractivity contribution in [2.45, 2.75) is 51.7 Å². The maximum atomic E-state index is 12.5. The molecule has 2 N–H and O–H groups in total. The molecule has 0 saturated heterocycles. The predicted octanol–water partition coefficient (Wildman–Crippen LogP) is 3.55. The van der Waals surface area contributed by atoms with Gasteiger partial charge in [-0.3, -0.25) is 4.79 Å². The highest BCUT2D eigenvalue weighted by molar-refractivity contribution is 5.76. The molecule has 24 heavy (non-hydrogen) atoms. The van der Waals surface area contributed by atoms with Crippen LogP contribution in [-0.4, -0.2) is 31.0 Å². The van der Waals surface area contributed by atoms with Crippen LogP contribution in [0.5, 0.6) is 5.75 Å². The van der Waals surface area contributed by atoms with Crippen LogP contribution in [0, 0.1) is 5.41 Å². The number of ether oxygens (including phenoxy) is 1. The van der Waals surface area contributed by atoms with E-state index < -0.39 is 6.61 Å². The summed E-state index contributed by atoms with van der Waals surface area (Å²) in [6, 6.07) is 6.37. The van der Waals surface area contributed by atoms with Crippen LogP contribution in [0.3, 0.4) is 0 Å². The third-order valence-corrected chi connectivity index (χ3v) is 4.87. The molecule has 0 bridgehead atoms. The molecule has 0 atom stereocenters. The quantitative estimate of drug-likeness (QED) is 0.826. The van der Waals surface area contributed by atoms with Gasteiger partial charge in [0.1, 0.15) is 5.75 Å². The summed E-state index contributed by atoms with van der Waals surface area (Å²) in [5.74, 6) is 0.197. The molecule has 134 valence electrons. The normalized spacial score (nSPS) is 16.9. The number of benzene rings is 1. The van der Waals surface area contributed by atoms with Gasteiger partial charge in [-0.05, 0) is 42.5 Å². The minimum absolute atomic E-state index is 0.0570. The Bertz CT molecular complexity index is 528. The van der Waals surface area contributed by atoms with Crippen molar-refractivity contribution in [3.63, 3.8) is 0 Å². The number of hydrogen-bond acceptors (Lipinski definition) is 3. The van der Waals surface area contributed by atoms with Gasteiger partial charge >= 0.3 is 6.61 Å². The minimum atomic E-state index is -2.83. The monoisotopic (exact) mass is 340 g/mol. The molecule has 0 spiro atoms. The summed E-state index contributed by atoms with van der Waals surface area (Å²) < 4.78 is 28.6. The highest BCUT2D eigenvalue weighted by atomic mass is 19.3. The summed E-state index contributed by atoms with van der Waals surface area (Å²) >= 11 is 0. The second kappa shape index (κ2) is 8.42. The number of halogens is 2. The molecular weight excluding hydrogens is 314 g/mol. The Morgan fingerprint density at radius 1 is 1.25 bits per heavy atom. The summed E-state index contributed by atoms with van der Waals surface area (Å²) in [5, 5.41) is 0. The van der Waals surface area contributed by atoms with E-state index in [2.05, 4.69) is 4.74 Å². The van der Waals surface area contributed by atoms with Gasteiger partial charge in [-0.2, -0.15) is 8.78 Å². The van der Waals surface area contributed by atoms with Gasteiger partial charge in [0.15, 0.2) is 0 Å². The summed E-state index contributed by atoms with van der Waals surface area (Å²) in [7, 11) is 1.76. The average molecular weight is 340 g/mol. The first kappa shape index (κ1) is 18.6. The molecule has 4 nitrogen and oxygen atoms in total. The molecule has 0 aromatic heterocycles. The molecule has 1 aliphatic carbocycles. The van der Waals surface area contributed by atoms with E-state index in [-0.39, 0.29) is 17.1 Å². The standard InChI is InChI=1S/C18H26F2N2O2/c1-22(12-14-5-7-15(8-6-14)24-17(19)20)16(23)11-18(13-21)9-3-2-4-10-18/h5-8,17H,2-4,9-13,21H2,1H3. The van der Waals surface area contributed by atoms with Crippen LogP contribution >= 0.6 is 0 Å². The lowest BCUT2D eigenvalue weighted by atomic mass is 9.71. The number of nitrogens with zero attached hydrogens (tertiary/aromatic N) is 1. The van der Waals surface area contributed by atoms with E-state index in [4.69, 9.17) is 5.73 Å². The summed E-state index contributed by atoms with van der Waals surface area (Å²) in [6.07, 6.45) is 6.01. The Kier molecular flexibility index (Phi) is 6.54. The number of alkyl halides is 2. The molecule has 1 aromatic carbocycles. The first-order valence-electron chi connectivity index (χ1n) is 8.42. The maximum absolute atomic E-state index is 12.5. The van der Waals surface area contributed by atoms with Gasteiger partial charge in [0.2, 0.25) is 5.91 Å². The molecule has 0 radical (unpaired) electrons. The Balaban J connectivity index is 1.91. The number of nitrogens with two attached hydrogens (primary N) is 1. The van der Waals surface area contributed by atoms with Crippen LogP contribution in [-0.2, 0) is 11.3 Å². The summed E-state index contributed by atoms with van der Waals surface area (Å²) in [5.41, 5.74) is 6.77. The van der Waals surface area contributed by atoms with E-state index in [1.807, 2.05) is 0 Å². The van der Waals surface area contributed by atoms with Crippen LogP contribution in [0.2, 0.25) is 0 Å². The number of amides is 1. The van der Waals surface area contributed by atoms with Crippen molar-refractivity contribution in [1.82, 2.24) is 4.90 Å². The first-order chi connectivity index (χ1) is 11.4. The third-order valence-electron chi connectivity index (χ3n) is 4.87. The van der Waals surface area contributed by atoms with Crippen LogP contribution in [0.4, 0.5) is 8.78 Å². The fraction of sp³-hybridized carbons (Fsp3) is 0.611. The lowest BCUT2D eigenvalue weighted by Crippen LogP contribution is -2.39. The van der Waals surface area contributed by atoms with Crippen LogP contribution < -0.4 is 10.5 Å². The molecule has 0 aliphatic heterocycles. The highest BCUT2D eigenvalue weighted by Gasteiger charge is 2.33. The van der Waals surface area contributed by atoms with Crippen molar-refractivity contribution < 1.29 is 18.3 Å².